The van der Waals surface area contributed by atoms with E-state index in [0.29, 0.717) is 38.9 Å². The highest BCUT2D eigenvalue weighted by Crippen LogP contribution is 2.38. The van der Waals surface area contributed by atoms with Crippen molar-refractivity contribution in [2.45, 2.75) is 38.3 Å². The molecule has 0 fully saturated rings. The fourth-order valence-electron chi connectivity index (χ4n) is 4.30. The molecular formula is C26H23ClF3N3O4S. The van der Waals surface area contributed by atoms with Crippen molar-refractivity contribution in [3.8, 4) is 16.8 Å². The number of aromatic nitrogens is 2. The van der Waals surface area contributed by atoms with E-state index in [-0.39, 0.29) is 17.0 Å². The quantitative estimate of drug-likeness (QED) is 0.274. The number of aryl methyl sites for hydroxylation is 2. The summed E-state index contributed by atoms with van der Waals surface area (Å²) in [7, 11) is -4.35. The molecule has 4 aromatic rings. The second kappa shape index (κ2) is 9.95. The smallest absolute Gasteiger partial charge is 0.421 e. The maximum absolute atomic E-state index is 13.4. The second-order valence-electron chi connectivity index (χ2n) is 8.53. The summed E-state index contributed by atoms with van der Waals surface area (Å²) in [5.74, 6) is 0.516. The Morgan fingerprint density at radius 2 is 1.74 bits per heavy atom. The van der Waals surface area contributed by atoms with Crippen LogP contribution in [0.15, 0.2) is 59.5 Å². The van der Waals surface area contributed by atoms with E-state index in [1.165, 1.54) is 19.1 Å². The summed E-state index contributed by atoms with van der Waals surface area (Å²) in [4.78, 5) is 15.8. The molecule has 0 atom stereocenters. The first-order valence-corrected chi connectivity index (χ1v) is 13.4. The Morgan fingerprint density at radius 1 is 1.08 bits per heavy atom. The summed E-state index contributed by atoms with van der Waals surface area (Å²) in [6, 6.07) is 13.5. The summed E-state index contributed by atoms with van der Waals surface area (Å²) in [6.45, 7) is 4.78. The molecule has 200 valence electrons. The van der Waals surface area contributed by atoms with E-state index in [9.17, 15) is 31.5 Å². The van der Waals surface area contributed by atoms with Crippen LogP contribution in [0.4, 0.5) is 18.0 Å². The number of rotatable bonds is 6. The minimum Gasteiger partial charge on any atom is -0.464 e. The van der Waals surface area contributed by atoms with Crippen LogP contribution >= 0.6 is 11.6 Å². The number of halogens is 4. The van der Waals surface area contributed by atoms with Crippen LogP contribution < -0.4 is 0 Å². The molecule has 38 heavy (non-hydrogen) atoms. The molecule has 1 heterocycles. The van der Waals surface area contributed by atoms with Crippen molar-refractivity contribution in [2.75, 3.05) is 6.54 Å². The van der Waals surface area contributed by atoms with Gasteiger partial charge >= 0.3 is 12.3 Å². The third-order valence-corrected chi connectivity index (χ3v) is 8.29. The van der Waals surface area contributed by atoms with Crippen LogP contribution in [0.2, 0.25) is 5.02 Å². The molecule has 0 spiro atoms. The molecule has 0 bridgehead atoms. The molecular weight excluding hydrogens is 543 g/mol. The van der Waals surface area contributed by atoms with Crippen LogP contribution in [0.25, 0.3) is 27.8 Å². The van der Waals surface area contributed by atoms with Gasteiger partial charge in [-0.25, -0.2) is 22.5 Å². The van der Waals surface area contributed by atoms with Gasteiger partial charge in [0.1, 0.15) is 5.82 Å². The van der Waals surface area contributed by atoms with E-state index in [4.69, 9.17) is 11.6 Å². The lowest BCUT2D eigenvalue weighted by molar-refractivity contribution is -0.137. The Morgan fingerprint density at radius 3 is 2.29 bits per heavy atom. The van der Waals surface area contributed by atoms with Crippen LogP contribution in [-0.4, -0.2) is 40.0 Å². The first kappa shape index (κ1) is 27.5. The van der Waals surface area contributed by atoms with Gasteiger partial charge in [-0.1, -0.05) is 48.4 Å². The molecule has 7 nitrogen and oxygen atoms in total. The van der Waals surface area contributed by atoms with Gasteiger partial charge < -0.3 is 5.11 Å². The highest BCUT2D eigenvalue weighted by Gasteiger charge is 2.34. The van der Waals surface area contributed by atoms with Gasteiger partial charge in [-0.2, -0.15) is 13.2 Å². The molecule has 0 aliphatic carbocycles. The predicted molar refractivity (Wildman–Crippen MR) is 138 cm³/mol. The third-order valence-electron chi connectivity index (χ3n) is 6.07. The van der Waals surface area contributed by atoms with Crippen LogP contribution in [0.5, 0.6) is 0 Å². The lowest BCUT2D eigenvalue weighted by Gasteiger charge is -2.20. The molecule has 0 unspecified atom stereocenters. The van der Waals surface area contributed by atoms with Gasteiger partial charge in [0.05, 0.1) is 26.5 Å². The lowest BCUT2D eigenvalue weighted by Crippen LogP contribution is -2.35. The number of sulfonamides is 1. The lowest BCUT2D eigenvalue weighted by atomic mass is 10.0. The second-order valence-corrected chi connectivity index (χ2v) is 10.8. The molecule has 1 N–H and O–H groups in total. The number of benzene rings is 3. The number of imidazole rings is 1. The molecule has 0 radical (unpaired) electrons. The highest BCUT2D eigenvalue weighted by atomic mass is 35.5. The maximum Gasteiger partial charge on any atom is 0.421 e. The van der Waals surface area contributed by atoms with E-state index >= 15 is 0 Å². The summed E-state index contributed by atoms with van der Waals surface area (Å²) < 4.78 is 68.5. The van der Waals surface area contributed by atoms with Crippen molar-refractivity contribution >= 4 is 38.8 Å². The monoisotopic (exact) mass is 565 g/mol. The molecule has 0 aliphatic heterocycles. The topological polar surface area (TPSA) is 92.5 Å². The Hall–Kier alpha value is -3.57. The fourth-order valence-corrected chi connectivity index (χ4v) is 6.04. The van der Waals surface area contributed by atoms with E-state index in [0.717, 1.165) is 11.6 Å². The number of carboxylic acid groups (broad SMARTS) is 1. The van der Waals surface area contributed by atoms with Crippen molar-refractivity contribution in [1.82, 2.24) is 13.9 Å². The Kier molecular flexibility index (Phi) is 7.19. The zero-order valence-corrected chi connectivity index (χ0v) is 22.1. The summed E-state index contributed by atoms with van der Waals surface area (Å²) in [5, 5.41) is 8.97. The van der Waals surface area contributed by atoms with Crippen molar-refractivity contribution in [1.29, 1.82) is 0 Å². The molecule has 4 rings (SSSR count). The fraction of sp³-hybridized carbons (Fsp3) is 0.231. The molecule has 12 heteroatoms. The average Bonchev–Trinajstić information content (AvgIpc) is 3.20. The van der Waals surface area contributed by atoms with Crippen LogP contribution in [0, 0.1) is 6.92 Å². The van der Waals surface area contributed by atoms with Gasteiger partial charge in [0.2, 0.25) is 0 Å². The number of alkyl halides is 3. The highest BCUT2D eigenvalue weighted by molar-refractivity contribution is 7.89. The minimum absolute atomic E-state index is 0.142. The number of nitrogens with zero attached hydrogens (tertiary/aromatic N) is 3. The van der Waals surface area contributed by atoms with Crippen LogP contribution in [-0.2, 0) is 22.6 Å². The van der Waals surface area contributed by atoms with Crippen LogP contribution in [0.1, 0.15) is 30.8 Å². The van der Waals surface area contributed by atoms with E-state index < -0.39 is 32.9 Å². The normalized spacial score (nSPS) is 12.2. The van der Waals surface area contributed by atoms with Crippen molar-refractivity contribution < 1.29 is 31.5 Å². The molecule has 3 aromatic carbocycles. The van der Waals surface area contributed by atoms with Crippen LogP contribution in [0.3, 0.4) is 0 Å². The molecule has 0 aliphatic rings. The third kappa shape index (κ3) is 4.83. The summed E-state index contributed by atoms with van der Waals surface area (Å²) in [6.07, 6.45) is -5.78. The Labute approximate surface area is 222 Å². The maximum atomic E-state index is 13.4. The number of fused-ring (bicyclic) bond motifs is 1. The van der Waals surface area contributed by atoms with Gasteiger partial charge in [-0.15, -0.1) is 0 Å². The minimum atomic E-state index is -4.62. The largest absolute Gasteiger partial charge is 0.464 e. The van der Waals surface area contributed by atoms with Crippen molar-refractivity contribution in [3.63, 3.8) is 0 Å². The van der Waals surface area contributed by atoms with Gasteiger partial charge in [0.25, 0.3) is 10.0 Å². The predicted octanol–water partition coefficient (Wildman–Crippen LogP) is 6.92. The average molecular weight is 566 g/mol. The number of amides is 1. The van der Waals surface area contributed by atoms with Gasteiger partial charge in [-0.3, -0.25) is 4.57 Å². The summed E-state index contributed by atoms with van der Waals surface area (Å²) >= 11 is 5.98. The van der Waals surface area contributed by atoms with E-state index in [1.807, 2.05) is 6.92 Å². The van der Waals surface area contributed by atoms with Gasteiger partial charge in [-0.05, 0) is 49.7 Å². The SMILES string of the molecule is CCc1nc2cc(C(F)(F)F)c(Cl)cc2n1-c1ccc(-c2cc(C)ccc2S(=O)(=O)N(CC)C(=O)O)cc1. The molecule has 0 saturated carbocycles. The first-order chi connectivity index (χ1) is 17.8. The molecule has 1 amide bonds. The molecule has 0 saturated heterocycles. The number of hydrogen-bond acceptors (Lipinski definition) is 4. The number of carbonyl (C=O) groups is 1. The Balaban J connectivity index is 1.85. The van der Waals surface area contributed by atoms with Gasteiger partial charge in [0.15, 0.2) is 0 Å². The number of hydrogen-bond donors (Lipinski definition) is 1. The van der Waals surface area contributed by atoms with Gasteiger partial charge in [0, 0.05) is 24.2 Å². The Bertz CT molecular complexity index is 1650. The van der Waals surface area contributed by atoms with Crippen molar-refractivity contribution in [3.05, 3.63) is 76.6 Å². The van der Waals surface area contributed by atoms with E-state index in [2.05, 4.69) is 4.98 Å². The van der Waals surface area contributed by atoms with E-state index in [1.54, 1.807) is 47.9 Å². The molecule has 1 aromatic heterocycles. The van der Waals surface area contributed by atoms with Crippen molar-refractivity contribution in [2.24, 2.45) is 0 Å². The zero-order valence-electron chi connectivity index (χ0n) is 20.5. The zero-order chi connectivity index (χ0) is 28.0. The summed E-state index contributed by atoms with van der Waals surface area (Å²) in [5.41, 5.74) is 1.75. The first-order valence-electron chi connectivity index (χ1n) is 11.5. The standard InChI is InChI=1S/C26H23ClF3N3O4S/c1-4-24-31-21-13-19(26(28,29)30)20(27)14-22(21)33(24)17-9-7-16(8-10-17)18-12-15(3)6-11-23(18)38(36,37)32(5-2)25(34)35/h6-14H,4-5H2,1-3H3,(H,34,35).